The maximum absolute atomic E-state index is 12.5. The quantitative estimate of drug-likeness (QED) is 0.820. The third-order valence-electron chi connectivity index (χ3n) is 3.85. The predicted octanol–water partition coefficient (Wildman–Crippen LogP) is 3.21. The lowest BCUT2D eigenvalue weighted by atomic mass is 10.0. The van der Waals surface area contributed by atoms with Crippen LogP contribution in [0.15, 0.2) is 12.1 Å². The Kier molecular flexibility index (Phi) is 7.39. The molecule has 1 N–H and O–H groups in total. The number of carbonyl (C=O) groups excluding carboxylic acids is 2. The van der Waals surface area contributed by atoms with Crippen molar-refractivity contribution in [1.82, 2.24) is 15.2 Å². The van der Waals surface area contributed by atoms with Crippen molar-refractivity contribution in [3.63, 3.8) is 0 Å². The molecular formula is C19H31N3O3. The molecule has 0 aliphatic carbocycles. The monoisotopic (exact) mass is 349 g/mol. The summed E-state index contributed by atoms with van der Waals surface area (Å²) in [6.45, 7) is 12.2. The normalized spacial score (nSPS) is 11.4. The molecule has 1 aromatic rings. The summed E-state index contributed by atoms with van der Waals surface area (Å²) in [6, 6.07) is 3.74. The Morgan fingerprint density at radius 1 is 1.24 bits per heavy atom. The largest absolute Gasteiger partial charge is 0.445 e. The van der Waals surface area contributed by atoms with Gasteiger partial charge in [-0.3, -0.25) is 9.78 Å². The average molecular weight is 349 g/mol. The number of ether oxygens (including phenoxy) is 1. The molecular weight excluding hydrogens is 318 g/mol. The molecule has 0 atom stereocenters. The fourth-order valence-corrected chi connectivity index (χ4v) is 2.53. The Bertz CT molecular complexity index is 592. The number of alkyl carbamates (subject to hydrolysis) is 1. The van der Waals surface area contributed by atoms with Crippen molar-refractivity contribution < 1.29 is 14.3 Å². The van der Waals surface area contributed by atoms with Crippen LogP contribution in [0.5, 0.6) is 0 Å². The predicted molar refractivity (Wildman–Crippen MR) is 98.2 cm³/mol. The smallest absolute Gasteiger partial charge is 0.408 e. The Labute approximate surface area is 151 Å². The number of carbonyl (C=O) groups is 2. The fraction of sp³-hybridized carbons (Fsp3) is 0.632. The second kappa shape index (κ2) is 8.83. The zero-order valence-corrected chi connectivity index (χ0v) is 16.5. The molecule has 1 heterocycles. The van der Waals surface area contributed by atoms with Gasteiger partial charge in [0.15, 0.2) is 0 Å². The summed E-state index contributed by atoms with van der Waals surface area (Å²) in [6.07, 6.45) is 0.312. The number of nitrogens with one attached hydrogen (secondary N) is 1. The third kappa shape index (κ3) is 7.11. The molecule has 0 aromatic carbocycles. The van der Waals surface area contributed by atoms with E-state index in [1.807, 2.05) is 26.0 Å². The number of likely N-dealkylation sites (N-methyl/N-ethyl adjacent to an activating group) is 1. The first-order valence-electron chi connectivity index (χ1n) is 8.66. The molecule has 0 spiro atoms. The molecule has 0 saturated carbocycles. The first-order valence-corrected chi connectivity index (χ1v) is 8.66. The molecule has 0 bridgehead atoms. The number of nitrogens with zero attached hydrogens (tertiary/aromatic N) is 2. The number of pyridine rings is 1. The first-order chi connectivity index (χ1) is 11.5. The minimum absolute atomic E-state index is 0.138. The van der Waals surface area contributed by atoms with Crippen LogP contribution in [0.4, 0.5) is 4.79 Å². The number of hydrogen-bond acceptors (Lipinski definition) is 4. The number of aryl methyl sites for hydroxylation is 2. The summed E-state index contributed by atoms with van der Waals surface area (Å²) < 4.78 is 5.25. The molecule has 0 unspecified atom stereocenters. The number of rotatable bonds is 7. The Morgan fingerprint density at radius 2 is 1.80 bits per heavy atom. The summed E-state index contributed by atoms with van der Waals surface area (Å²) in [4.78, 5) is 30.5. The minimum Gasteiger partial charge on any atom is -0.445 e. The summed E-state index contributed by atoms with van der Waals surface area (Å²) in [5, 5.41) is 2.66. The van der Waals surface area contributed by atoms with Gasteiger partial charge in [-0.15, -0.1) is 0 Å². The van der Waals surface area contributed by atoms with E-state index in [2.05, 4.69) is 24.1 Å². The molecule has 1 rings (SSSR count). The van der Waals surface area contributed by atoms with Crippen molar-refractivity contribution >= 4 is 12.0 Å². The van der Waals surface area contributed by atoms with Crippen LogP contribution in [0.3, 0.4) is 0 Å². The van der Waals surface area contributed by atoms with Crippen molar-refractivity contribution in [2.24, 2.45) is 5.92 Å². The number of amides is 2. The van der Waals surface area contributed by atoms with Gasteiger partial charge in [0.05, 0.1) is 0 Å². The van der Waals surface area contributed by atoms with Gasteiger partial charge >= 0.3 is 6.09 Å². The molecule has 0 radical (unpaired) electrons. The summed E-state index contributed by atoms with van der Waals surface area (Å²) in [7, 11) is 1.75. The van der Waals surface area contributed by atoms with Crippen molar-refractivity contribution in [1.29, 1.82) is 0 Å². The third-order valence-corrected chi connectivity index (χ3v) is 3.85. The SMILES string of the molecule is Cc1cc(COC(=O)NC(C)(C)C(=O)N(C)CCC(C)C)cc(C)n1. The van der Waals surface area contributed by atoms with Gasteiger partial charge in [-0.1, -0.05) is 13.8 Å². The zero-order valence-electron chi connectivity index (χ0n) is 16.5. The summed E-state index contributed by atoms with van der Waals surface area (Å²) >= 11 is 0. The lowest BCUT2D eigenvalue weighted by molar-refractivity contribution is -0.135. The maximum atomic E-state index is 12.5. The highest BCUT2D eigenvalue weighted by Gasteiger charge is 2.32. The lowest BCUT2D eigenvalue weighted by Crippen LogP contribution is -2.55. The van der Waals surface area contributed by atoms with Gasteiger partial charge in [0.1, 0.15) is 12.1 Å². The van der Waals surface area contributed by atoms with Crippen LogP contribution in [0, 0.1) is 19.8 Å². The van der Waals surface area contributed by atoms with Gasteiger partial charge in [0.2, 0.25) is 5.91 Å². The lowest BCUT2D eigenvalue weighted by Gasteiger charge is -2.30. The molecule has 6 heteroatoms. The second-order valence-electron chi connectivity index (χ2n) is 7.49. The van der Waals surface area contributed by atoms with E-state index in [1.54, 1.807) is 25.8 Å². The molecule has 2 amide bonds. The topological polar surface area (TPSA) is 71.5 Å². The summed E-state index contributed by atoms with van der Waals surface area (Å²) in [5.41, 5.74) is 1.60. The van der Waals surface area contributed by atoms with E-state index in [0.29, 0.717) is 12.5 Å². The van der Waals surface area contributed by atoms with Crippen molar-refractivity contribution in [2.75, 3.05) is 13.6 Å². The van der Waals surface area contributed by atoms with Crippen molar-refractivity contribution in [3.05, 3.63) is 29.1 Å². The van der Waals surface area contributed by atoms with E-state index < -0.39 is 11.6 Å². The highest BCUT2D eigenvalue weighted by Crippen LogP contribution is 2.11. The van der Waals surface area contributed by atoms with Crippen LogP contribution in [-0.2, 0) is 16.1 Å². The molecule has 1 aromatic heterocycles. The van der Waals surface area contributed by atoms with Crippen LogP contribution in [0.25, 0.3) is 0 Å². The highest BCUT2D eigenvalue weighted by atomic mass is 16.5. The standard InChI is InChI=1S/C19H31N3O3/c1-13(2)8-9-22(7)17(23)19(5,6)21-18(24)25-12-16-10-14(3)20-15(4)11-16/h10-11,13H,8-9,12H2,1-7H3,(H,21,24). The van der Waals surface area contributed by atoms with E-state index in [-0.39, 0.29) is 12.5 Å². The van der Waals surface area contributed by atoms with E-state index in [9.17, 15) is 9.59 Å². The number of hydrogen-bond donors (Lipinski definition) is 1. The average Bonchev–Trinajstić information content (AvgIpc) is 2.48. The van der Waals surface area contributed by atoms with E-state index in [0.717, 1.165) is 23.4 Å². The van der Waals surface area contributed by atoms with Gasteiger partial charge in [0.25, 0.3) is 0 Å². The summed E-state index contributed by atoms with van der Waals surface area (Å²) in [5.74, 6) is 0.379. The number of aromatic nitrogens is 1. The Morgan fingerprint density at radius 3 is 2.32 bits per heavy atom. The van der Waals surface area contributed by atoms with E-state index >= 15 is 0 Å². The van der Waals surface area contributed by atoms with Crippen LogP contribution >= 0.6 is 0 Å². The van der Waals surface area contributed by atoms with Crippen molar-refractivity contribution in [3.8, 4) is 0 Å². The zero-order chi connectivity index (χ0) is 19.2. The van der Waals surface area contributed by atoms with Gasteiger partial charge in [-0.05, 0) is 57.7 Å². The van der Waals surface area contributed by atoms with Gasteiger partial charge in [-0.2, -0.15) is 0 Å². The molecule has 0 saturated heterocycles. The molecule has 25 heavy (non-hydrogen) atoms. The molecule has 0 aliphatic heterocycles. The fourth-order valence-electron chi connectivity index (χ4n) is 2.53. The van der Waals surface area contributed by atoms with E-state index in [4.69, 9.17) is 4.74 Å². The van der Waals surface area contributed by atoms with Crippen LogP contribution in [0.1, 0.15) is 51.1 Å². The minimum atomic E-state index is -1.02. The van der Waals surface area contributed by atoms with Crippen LogP contribution in [-0.4, -0.2) is 41.0 Å². The maximum Gasteiger partial charge on any atom is 0.408 e. The molecule has 6 nitrogen and oxygen atoms in total. The highest BCUT2D eigenvalue weighted by molar-refractivity contribution is 5.88. The van der Waals surface area contributed by atoms with Crippen molar-refractivity contribution in [2.45, 2.75) is 60.1 Å². The molecule has 140 valence electrons. The van der Waals surface area contributed by atoms with E-state index in [1.165, 1.54) is 0 Å². The Balaban J connectivity index is 2.57. The molecule has 0 aliphatic rings. The van der Waals surface area contributed by atoms with Gasteiger partial charge in [0, 0.05) is 25.0 Å². The van der Waals surface area contributed by atoms with Gasteiger partial charge in [-0.25, -0.2) is 4.79 Å². The van der Waals surface area contributed by atoms with Gasteiger partial charge < -0.3 is 15.0 Å². The Hall–Kier alpha value is -2.11. The first kappa shape index (κ1) is 20.9. The van der Waals surface area contributed by atoms with Crippen LogP contribution < -0.4 is 5.32 Å². The second-order valence-corrected chi connectivity index (χ2v) is 7.49. The van der Waals surface area contributed by atoms with Crippen LogP contribution in [0.2, 0.25) is 0 Å². The molecule has 0 fully saturated rings.